The van der Waals surface area contributed by atoms with Crippen molar-refractivity contribution >= 4 is 29.1 Å². The number of anilines is 2. The molecule has 8 nitrogen and oxygen atoms in total. The average Bonchev–Trinajstić information content (AvgIpc) is 2.73. The summed E-state index contributed by atoms with van der Waals surface area (Å²) >= 11 is 0. The molecule has 0 bridgehead atoms. The highest BCUT2D eigenvalue weighted by atomic mass is 16.5. The van der Waals surface area contributed by atoms with Crippen molar-refractivity contribution in [2.24, 2.45) is 5.73 Å². The summed E-state index contributed by atoms with van der Waals surface area (Å²) in [7, 11) is 1.62. The van der Waals surface area contributed by atoms with E-state index in [1.807, 2.05) is 24.3 Å². The fraction of sp³-hybridized carbons (Fsp3) is 0.250. The second-order valence-corrected chi connectivity index (χ2v) is 6.37. The molecule has 3 amide bonds. The summed E-state index contributed by atoms with van der Waals surface area (Å²) in [6, 6.07) is 13.8. The zero-order chi connectivity index (χ0) is 20.1. The molecule has 0 saturated carbocycles. The first-order valence-electron chi connectivity index (χ1n) is 8.87. The van der Waals surface area contributed by atoms with Crippen molar-refractivity contribution in [3.8, 4) is 5.75 Å². The molecular weight excluding hydrogens is 360 g/mol. The van der Waals surface area contributed by atoms with Crippen molar-refractivity contribution in [1.29, 1.82) is 0 Å². The van der Waals surface area contributed by atoms with Gasteiger partial charge in [-0.25, -0.2) is 0 Å². The van der Waals surface area contributed by atoms with Crippen LogP contribution in [0.4, 0.5) is 11.4 Å². The molecule has 1 saturated heterocycles. The van der Waals surface area contributed by atoms with E-state index in [1.165, 1.54) is 29.2 Å². The SMILES string of the molecule is COc1ccc(N2CCN(C(=O)C(=O)Nc3ccc(C(N)=O)cc3)CC2)cc1. The zero-order valence-electron chi connectivity index (χ0n) is 15.6. The second kappa shape index (κ2) is 8.43. The predicted molar refractivity (Wildman–Crippen MR) is 105 cm³/mol. The zero-order valence-corrected chi connectivity index (χ0v) is 15.6. The topological polar surface area (TPSA) is 105 Å². The number of primary amides is 1. The molecule has 28 heavy (non-hydrogen) atoms. The van der Waals surface area contributed by atoms with Crippen LogP contribution in [0.25, 0.3) is 0 Å². The quantitative estimate of drug-likeness (QED) is 0.770. The molecule has 3 rings (SSSR count). The summed E-state index contributed by atoms with van der Waals surface area (Å²) in [6.45, 7) is 2.19. The van der Waals surface area contributed by atoms with Gasteiger partial charge < -0.3 is 25.6 Å². The van der Waals surface area contributed by atoms with E-state index >= 15 is 0 Å². The van der Waals surface area contributed by atoms with Crippen molar-refractivity contribution < 1.29 is 19.1 Å². The number of methoxy groups -OCH3 is 1. The van der Waals surface area contributed by atoms with Gasteiger partial charge in [-0.3, -0.25) is 14.4 Å². The molecule has 0 aromatic heterocycles. The van der Waals surface area contributed by atoms with Crippen LogP contribution < -0.4 is 20.7 Å². The van der Waals surface area contributed by atoms with Crippen LogP contribution >= 0.6 is 0 Å². The third-order valence-corrected chi connectivity index (χ3v) is 4.63. The Labute approximate surface area is 162 Å². The summed E-state index contributed by atoms with van der Waals surface area (Å²) in [5.41, 5.74) is 6.99. The predicted octanol–water partition coefficient (Wildman–Crippen LogP) is 1.08. The lowest BCUT2D eigenvalue weighted by Gasteiger charge is -2.35. The van der Waals surface area contributed by atoms with E-state index in [9.17, 15) is 14.4 Å². The highest BCUT2D eigenvalue weighted by Gasteiger charge is 2.26. The Balaban J connectivity index is 1.53. The minimum absolute atomic E-state index is 0.332. The molecule has 0 radical (unpaired) electrons. The maximum absolute atomic E-state index is 12.4. The van der Waals surface area contributed by atoms with E-state index in [0.717, 1.165) is 11.4 Å². The number of nitrogens with one attached hydrogen (secondary N) is 1. The maximum atomic E-state index is 12.4. The van der Waals surface area contributed by atoms with Crippen LogP contribution in [-0.2, 0) is 9.59 Å². The molecule has 146 valence electrons. The lowest BCUT2D eigenvalue weighted by molar-refractivity contribution is -0.143. The van der Waals surface area contributed by atoms with Crippen LogP contribution in [-0.4, -0.2) is 55.9 Å². The standard InChI is InChI=1S/C20H22N4O4/c1-28-17-8-6-16(7-9-17)23-10-12-24(13-11-23)20(27)19(26)22-15-4-2-14(3-5-15)18(21)25/h2-9H,10-13H2,1H3,(H2,21,25)(H,22,26). The number of hydrogen-bond donors (Lipinski definition) is 2. The van der Waals surface area contributed by atoms with E-state index < -0.39 is 17.7 Å². The molecule has 2 aromatic rings. The summed E-state index contributed by atoms with van der Waals surface area (Å²) in [4.78, 5) is 39.4. The van der Waals surface area contributed by atoms with Crippen molar-refractivity contribution in [2.45, 2.75) is 0 Å². The molecule has 1 aliphatic heterocycles. The molecule has 0 spiro atoms. The third kappa shape index (κ3) is 4.40. The van der Waals surface area contributed by atoms with Gasteiger partial charge in [0.25, 0.3) is 0 Å². The largest absolute Gasteiger partial charge is 0.497 e. The van der Waals surface area contributed by atoms with Crippen LogP contribution in [0, 0.1) is 0 Å². The monoisotopic (exact) mass is 382 g/mol. The first-order chi connectivity index (χ1) is 13.5. The van der Waals surface area contributed by atoms with Crippen LogP contribution in [0.3, 0.4) is 0 Å². The van der Waals surface area contributed by atoms with Gasteiger partial charge in [0.15, 0.2) is 0 Å². The number of rotatable bonds is 4. The van der Waals surface area contributed by atoms with Gasteiger partial charge in [0.1, 0.15) is 5.75 Å². The number of ether oxygens (including phenoxy) is 1. The van der Waals surface area contributed by atoms with Crippen LogP contribution in [0.2, 0.25) is 0 Å². The molecule has 3 N–H and O–H groups in total. The van der Waals surface area contributed by atoms with E-state index in [4.69, 9.17) is 10.5 Å². The van der Waals surface area contributed by atoms with Gasteiger partial charge in [-0.2, -0.15) is 0 Å². The number of nitrogens with two attached hydrogens (primary N) is 1. The molecule has 0 unspecified atom stereocenters. The second-order valence-electron chi connectivity index (χ2n) is 6.37. The first kappa shape index (κ1) is 19.2. The number of nitrogens with zero attached hydrogens (tertiary/aromatic N) is 2. The number of amides is 3. The number of benzene rings is 2. The number of carbonyl (C=O) groups excluding carboxylic acids is 3. The van der Waals surface area contributed by atoms with Crippen molar-refractivity contribution in [2.75, 3.05) is 43.5 Å². The highest BCUT2D eigenvalue weighted by molar-refractivity contribution is 6.39. The number of piperazine rings is 1. The molecule has 8 heteroatoms. The first-order valence-corrected chi connectivity index (χ1v) is 8.87. The minimum Gasteiger partial charge on any atom is -0.497 e. The summed E-state index contributed by atoms with van der Waals surface area (Å²) in [5, 5.41) is 2.55. The molecule has 1 aliphatic rings. The van der Waals surface area contributed by atoms with Gasteiger partial charge in [0.05, 0.1) is 7.11 Å². The van der Waals surface area contributed by atoms with E-state index in [2.05, 4.69) is 10.2 Å². The third-order valence-electron chi connectivity index (χ3n) is 4.63. The Morgan fingerprint density at radius 3 is 2.07 bits per heavy atom. The fourth-order valence-electron chi connectivity index (χ4n) is 3.01. The van der Waals surface area contributed by atoms with Gasteiger partial charge >= 0.3 is 11.8 Å². The Morgan fingerprint density at radius 2 is 1.54 bits per heavy atom. The Bertz CT molecular complexity index is 857. The van der Waals surface area contributed by atoms with Gasteiger partial charge in [-0.05, 0) is 48.5 Å². The molecule has 0 atom stereocenters. The van der Waals surface area contributed by atoms with Crippen LogP contribution in [0.5, 0.6) is 5.75 Å². The summed E-state index contributed by atoms with van der Waals surface area (Å²) in [6.07, 6.45) is 0. The van der Waals surface area contributed by atoms with Crippen molar-refractivity contribution in [3.05, 3.63) is 54.1 Å². The lowest BCUT2D eigenvalue weighted by atomic mass is 10.2. The summed E-state index contributed by atoms with van der Waals surface area (Å²) < 4.78 is 5.16. The molecular formula is C20H22N4O4. The smallest absolute Gasteiger partial charge is 0.313 e. The number of hydrogen-bond acceptors (Lipinski definition) is 5. The Kier molecular flexibility index (Phi) is 5.78. The molecule has 1 heterocycles. The molecule has 2 aromatic carbocycles. The average molecular weight is 382 g/mol. The Hall–Kier alpha value is -3.55. The van der Waals surface area contributed by atoms with Gasteiger partial charge in [-0.1, -0.05) is 0 Å². The van der Waals surface area contributed by atoms with Gasteiger partial charge in [0.2, 0.25) is 5.91 Å². The van der Waals surface area contributed by atoms with E-state index in [0.29, 0.717) is 37.4 Å². The summed E-state index contributed by atoms with van der Waals surface area (Å²) in [5.74, 6) is -1.04. The van der Waals surface area contributed by atoms with Crippen molar-refractivity contribution in [1.82, 2.24) is 4.90 Å². The fourth-order valence-corrected chi connectivity index (χ4v) is 3.01. The lowest BCUT2D eigenvalue weighted by Crippen LogP contribution is -2.51. The molecule has 0 aliphatic carbocycles. The van der Waals surface area contributed by atoms with Crippen molar-refractivity contribution in [3.63, 3.8) is 0 Å². The highest BCUT2D eigenvalue weighted by Crippen LogP contribution is 2.20. The van der Waals surface area contributed by atoms with Gasteiger partial charge in [0, 0.05) is 43.1 Å². The van der Waals surface area contributed by atoms with Gasteiger partial charge in [-0.15, -0.1) is 0 Å². The number of carbonyl (C=O) groups is 3. The molecule has 1 fully saturated rings. The normalized spacial score (nSPS) is 13.8. The van der Waals surface area contributed by atoms with E-state index in [1.54, 1.807) is 7.11 Å². The van der Waals surface area contributed by atoms with Crippen LogP contribution in [0.15, 0.2) is 48.5 Å². The van der Waals surface area contributed by atoms with Crippen LogP contribution in [0.1, 0.15) is 10.4 Å². The minimum atomic E-state index is -0.704. The maximum Gasteiger partial charge on any atom is 0.313 e. The Morgan fingerprint density at radius 1 is 0.929 bits per heavy atom. The van der Waals surface area contributed by atoms with E-state index in [-0.39, 0.29) is 0 Å².